The van der Waals surface area contributed by atoms with Gasteiger partial charge in [-0.3, -0.25) is 4.57 Å². The smallest absolute Gasteiger partial charge is 0.211 e. The average Bonchev–Trinajstić information content (AvgIpc) is 3.16. The summed E-state index contributed by atoms with van der Waals surface area (Å²) >= 11 is 1.55. The second kappa shape index (κ2) is 8.41. The SMILES string of the molecule is Fc1ccc(Nc2nc3c(Sc4ccccc4)ncnc3n2C2CCCCO2)cc1. The van der Waals surface area contributed by atoms with Crippen molar-refractivity contribution in [2.24, 2.45) is 0 Å². The molecule has 1 unspecified atom stereocenters. The minimum atomic E-state index is -0.280. The third-order valence-electron chi connectivity index (χ3n) is 4.95. The molecule has 6 nitrogen and oxygen atoms in total. The molecule has 1 aliphatic rings. The minimum Gasteiger partial charge on any atom is -0.358 e. The van der Waals surface area contributed by atoms with Crippen molar-refractivity contribution in [3.05, 3.63) is 66.7 Å². The molecule has 152 valence electrons. The lowest BCUT2D eigenvalue weighted by molar-refractivity contribution is -0.0284. The highest BCUT2D eigenvalue weighted by Gasteiger charge is 2.25. The molecule has 0 saturated carbocycles. The third kappa shape index (κ3) is 3.88. The number of hydrogen-bond acceptors (Lipinski definition) is 6. The van der Waals surface area contributed by atoms with E-state index in [-0.39, 0.29) is 12.0 Å². The van der Waals surface area contributed by atoms with Gasteiger partial charge in [0.2, 0.25) is 5.95 Å². The van der Waals surface area contributed by atoms with E-state index in [1.54, 1.807) is 30.2 Å². The summed E-state index contributed by atoms with van der Waals surface area (Å²) in [5.41, 5.74) is 2.18. The Bertz CT molecular complexity index is 1140. The summed E-state index contributed by atoms with van der Waals surface area (Å²) in [7, 11) is 0. The topological polar surface area (TPSA) is 64.9 Å². The largest absolute Gasteiger partial charge is 0.358 e. The van der Waals surface area contributed by atoms with Gasteiger partial charge in [0.15, 0.2) is 5.65 Å². The van der Waals surface area contributed by atoms with Crippen molar-refractivity contribution in [1.29, 1.82) is 0 Å². The van der Waals surface area contributed by atoms with Gasteiger partial charge >= 0.3 is 0 Å². The van der Waals surface area contributed by atoms with Crippen LogP contribution in [0.2, 0.25) is 0 Å². The number of nitrogens with one attached hydrogen (secondary N) is 1. The first-order valence-electron chi connectivity index (χ1n) is 9.88. The maximum absolute atomic E-state index is 13.3. The first-order chi connectivity index (χ1) is 14.8. The average molecular weight is 422 g/mol. The van der Waals surface area contributed by atoms with Gasteiger partial charge in [0.1, 0.15) is 28.9 Å². The van der Waals surface area contributed by atoms with Crippen molar-refractivity contribution >= 4 is 34.6 Å². The van der Waals surface area contributed by atoms with Crippen LogP contribution in [0.1, 0.15) is 25.5 Å². The van der Waals surface area contributed by atoms with Crippen LogP contribution in [-0.2, 0) is 4.74 Å². The molecule has 30 heavy (non-hydrogen) atoms. The normalized spacial score (nSPS) is 16.6. The molecule has 2 aromatic carbocycles. The lowest BCUT2D eigenvalue weighted by Crippen LogP contribution is -2.19. The van der Waals surface area contributed by atoms with Gasteiger partial charge in [-0.05, 0) is 55.7 Å². The number of benzene rings is 2. The molecule has 3 heterocycles. The molecule has 1 aliphatic heterocycles. The first kappa shape index (κ1) is 19.0. The van der Waals surface area contributed by atoms with Crippen LogP contribution in [0.4, 0.5) is 16.0 Å². The Hall–Kier alpha value is -2.97. The van der Waals surface area contributed by atoms with E-state index in [0.29, 0.717) is 18.1 Å². The summed E-state index contributed by atoms with van der Waals surface area (Å²) < 4.78 is 21.4. The van der Waals surface area contributed by atoms with Crippen LogP contribution >= 0.6 is 11.8 Å². The van der Waals surface area contributed by atoms with E-state index < -0.39 is 0 Å². The fraction of sp³-hybridized carbons (Fsp3) is 0.227. The fourth-order valence-corrected chi connectivity index (χ4v) is 4.36. The maximum atomic E-state index is 13.3. The predicted octanol–water partition coefficient (Wildman–Crippen LogP) is 5.56. The summed E-state index contributed by atoms with van der Waals surface area (Å²) in [6.45, 7) is 0.705. The molecule has 8 heteroatoms. The molecule has 0 spiro atoms. The molecule has 1 N–H and O–H groups in total. The van der Waals surface area contributed by atoms with E-state index in [1.807, 2.05) is 34.9 Å². The van der Waals surface area contributed by atoms with E-state index in [9.17, 15) is 4.39 Å². The molecule has 1 saturated heterocycles. The molecule has 0 bridgehead atoms. The zero-order valence-electron chi connectivity index (χ0n) is 16.2. The van der Waals surface area contributed by atoms with Crippen molar-refractivity contribution in [2.45, 2.75) is 35.4 Å². The fourth-order valence-electron chi connectivity index (χ4n) is 3.51. The highest BCUT2D eigenvalue weighted by molar-refractivity contribution is 7.99. The molecule has 5 rings (SSSR count). The predicted molar refractivity (Wildman–Crippen MR) is 114 cm³/mol. The Morgan fingerprint density at radius 3 is 2.63 bits per heavy atom. The van der Waals surface area contributed by atoms with Crippen LogP contribution < -0.4 is 5.32 Å². The van der Waals surface area contributed by atoms with Gasteiger partial charge in [-0.15, -0.1) is 0 Å². The second-order valence-corrected chi connectivity index (χ2v) is 8.09. The maximum Gasteiger partial charge on any atom is 0.211 e. The molecular weight excluding hydrogens is 401 g/mol. The lowest BCUT2D eigenvalue weighted by Gasteiger charge is -2.25. The van der Waals surface area contributed by atoms with Gasteiger partial charge in [0, 0.05) is 17.2 Å². The monoisotopic (exact) mass is 421 g/mol. The van der Waals surface area contributed by atoms with Gasteiger partial charge in [-0.2, -0.15) is 0 Å². The number of hydrogen-bond donors (Lipinski definition) is 1. The Kier molecular flexibility index (Phi) is 5.33. The number of fused-ring (bicyclic) bond motifs is 1. The Labute approximate surface area is 177 Å². The van der Waals surface area contributed by atoms with Crippen LogP contribution in [0.25, 0.3) is 11.2 Å². The summed E-state index contributed by atoms with van der Waals surface area (Å²) in [6.07, 6.45) is 4.42. The highest BCUT2D eigenvalue weighted by Crippen LogP contribution is 2.36. The highest BCUT2D eigenvalue weighted by atomic mass is 32.2. The summed E-state index contributed by atoms with van der Waals surface area (Å²) in [4.78, 5) is 14.9. The van der Waals surface area contributed by atoms with E-state index in [2.05, 4.69) is 15.3 Å². The van der Waals surface area contributed by atoms with Crippen molar-refractivity contribution in [3.63, 3.8) is 0 Å². The van der Waals surface area contributed by atoms with E-state index in [0.717, 1.165) is 40.5 Å². The second-order valence-electron chi connectivity index (χ2n) is 7.02. The molecule has 0 amide bonds. The Morgan fingerprint density at radius 1 is 1.03 bits per heavy atom. The zero-order valence-corrected chi connectivity index (χ0v) is 17.0. The Balaban J connectivity index is 1.59. The van der Waals surface area contributed by atoms with Crippen LogP contribution in [0, 0.1) is 5.82 Å². The molecule has 0 aliphatic carbocycles. The van der Waals surface area contributed by atoms with E-state index in [4.69, 9.17) is 9.72 Å². The van der Waals surface area contributed by atoms with Crippen molar-refractivity contribution in [2.75, 3.05) is 11.9 Å². The van der Waals surface area contributed by atoms with Crippen molar-refractivity contribution in [3.8, 4) is 0 Å². The first-order valence-corrected chi connectivity index (χ1v) is 10.7. The lowest BCUT2D eigenvalue weighted by atomic mass is 10.2. The third-order valence-corrected chi connectivity index (χ3v) is 5.95. The quantitative estimate of drug-likeness (QED) is 0.426. The van der Waals surface area contributed by atoms with Crippen molar-refractivity contribution < 1.29 is 9.13 Å². The van der Waals surface area contributed by atoms with Gasteiger partial charge in [0.25, 0.3) is 0 Å². The number of anilines is 2. The summed E-state index contributed by atoms with van der Waals surface area (Å²) in [5, 5.41) is 4.09. The van der Waals surface area contributed by atoms with E-state index in [1.165, 1.54) is 12.1 Å². The van der Waals surface area contributed by atoms with Gasteiger partial charge < -0.3 is 10.1 Å². The minimum absolute atomic E-state index is 0.156. The van der Waals surface area contributed by atoms with Crippen LogP contribution in [-0.4, -0.2) is 26.1 Å². The number of halogens is 1. The number of rotatable bonds is 5. The molecule has 4 aromatic rings. The van der Waals surface area contributed by atoms with Gasteiger partial charge in [0.05, 0.1) is 0 Å². The zero-order chi connectivity index (χ0) is 20.3. The molecule has 1 fully saturated rings. The summed E-state index contributed by atoms with van der Waals surface area (Å²) in [6, 6.07) is 16.3. The number of nitrogens with zero attached hydrogens (tertiary/aromatic N) is 4. The molecular formula is C22H20FN5OS. The molecule has 0 radical (unpaired) electrons. The van der Waals surface area contributed by atoms with Gasteiger partial charge in [-0.25, -0.2) is 19.3 Å². The Morgan fingerprint density at radius 2 is 1.87 bits per heavy atom. The van der Waals surface area contributed by atoms with Crippen molar-refractivity contribution in [1.82, 2.24) is 19.5 Å². The summed E-state index contributed by atoms with van der Waals surface area (Å²) in [5.74, 6) is 0.330. The number of ether oxygens (including phenoxy) is 1. The van der Waals surface area contributed by atoms with E-state index >= 15 is 0 Å². The molecule has 2 aromatic heterocycles. The van der Waals surface area contributed by atoms with Crippen LogP contribution in [0.3, 0.4) is 0 Å². The molecule has 1 atom stereocenters. The van der Waals surface area contributed by atoms with Crippen LogP contribution in [0.5, 0.6) is 0 Å². The van der Waals surface area contributed by atoms with Gasteiger partial charge in [-0.1, -0.05) is 30.0 Å². The van der Waals surface area contributed by atoms with Crippen LogP contribution in [0.15, 0.2) is 70.8 Å². The number of imidazole rings is 1. The number of aromatic nitrogens is 4. The standard InChI is InChI=1S/C22H20FN5OS/c23-15-9-11-16(12-10-15)26-22-27-19-20(28(22)18-8-4-5-13-29-18)24-14-25-21(19)30-17-6-2-1-3-7-17/h1-3,6-7,9-12,14,18H,4-5,8,13H2,(H,26,27).